The van der Waals surface area contributed by atoms with Crippen molar-refractivity contribution < 1.29 is 18.0 Å². The summed E-state index contributed by atoms with van der Waals surface area (Å²) in [6, 6.07) is 12.6. The van der Waals surface area contributed by atoms with E-state index >= 15 is 0 Å². The number of thioether (sulfide) groups is 1. The van der Waals surface area contributed by atoms with Crippen LogP contribution in [0.5, 0.6) is 0 Å². The molecule has 1 heterocycles. The van der Waals surface area contributed by atoms with E-state index in [4.69, 9.17) is 0 Å². The molecule has 2 aromatic rings. The number of nitrogens with one attached hydrogen (secondary N) is 3. The Morgan fingerprint density at radius 1 is 1.13 bits per heavy atom. The van der Waals surface area contributed by atoms with Crippen LogP contribution in [0.15, 0.2) is 47.4 Å². The van der Waals surface area contributed by atoms with Crippen LogP contribution in [0, 0.1) is 20.8 Å². The van der Waals surface area contributed by atoms with Gasteiger partial charge in [0.15, 0.2) is 15.1 Å². The Hall–Kier alpha value is -2.36. The minimum atomic E-state index is -3.83. The Labute approximate surface area is 180 Å². The fourth-order valence-electron chi connectivity index (χ4n) is 3.18. The minimum Gasteiger partial charge on any atom is -0.331 e. The van der Waals surface area contributed by atoms with Gasteiger partial charge in [-0.2, -0.15) is 0 Å². The summed E-state index contributed by atoms with van der Waals surface area (Å²) in [6.45, 7) is 5.45. The second-order valence-electron chi connectivity index (χ2n) is 7.33. The van der Waals surface area contributed by atoms with Crippen LogP contribution in [-0.4, -0.2) is 43.3 Å². The predicted octanol–water partition coefficient (Wildman–Crippen LogP) is 2.13. The summed E-state index contributed by atoms with van der Waals surface area (Å²) in [5.41, 5.74) is 2.64. The SMILES string of the molecule is Cc1cccc(NC(=O)CSC2NCC(S(=O)(=O)c3cc(C)ccc3C)C(=O)N2)c1. The molecule has 1 aliphatic rings. The molecule has 3 N–H and O–H groups in total. The molecule has 2 unspecified atom stereocenters. The van der Waals surface area contributed by atoms with Crippen LogP contribution < -0.4 is 16.0 Å². The van der Waals surface area contributed by atoms with Crippen LogP contribution in [0.1, 0.15) is 16.7 Å². The molecular formula is C21H25N3O4S2. The van der Waals surface area contributed by atoms with Gasteiger partial charge < -0.3 is 10.6 Å². The fraction of sp³-hybridized carbons (Fsp3) is 0.333. The van der Waals surface area contributed by atoms with E-state index in [9.17, 15) is 18.0 Å². The Kier molecular flexibility index (Phi) is 6.84. The van der Waals surface area contributed by atoms with Crippen LogP contribution >= 0.6 is 11.8 Å². The molecular weight excluding hydrogens is 422 g/mol. The summed E-state index contributed by atoms with van der Waals surface area (Å²) < 4.78 is 26.0. The number of carbonyl (C=O) groups is 2. The first-order valence-electron chi connectivity index (χ1n) is 9.50. The molecule has 3 rings (SSSR count). The van der Waals surface area contributed by atoms with Gasteiger partial charge in [0, 0.05) is 12.2 Å². The van der Waals surface area contributed by atoms with Crippen molar-refractivity contribution in [3.05, 3.63) is 59.2 Å². The lowest BCUT2D eigenvalue weighted by atomic mass is 10.2. The maximum absolute atomic E-state index is 13.0. The topological polar surface area (TPSA) is 104 Å². The number of hydrogen-bond donors (Lipinski definition) is 3. The molecule has 0 aliphatic carbocycles. The molecule has 2 aromatic carbocycles. The first kappa shape index (κ1) is 22.3. The van der Waals surface area contributed by atoms with Gasteiger partial charge in [-0.05, 0) is 55.7 Å². The standard InChI is InChI=1S/C21H25N3O4S2/c1-13-5-4-6-16(9-13)23-19(25)12-29-21-22-11-18(20(26)24-21)30(27,28)17-10-14(2)7-8-15(17)3/h4-10,18,21-22H,11-12H2,1-3H3,(H,23,25)(H,24,26). The fourth-order valence-corrected chi connectivity index (χ4v) is 5.82. The third-order valence-corrected chi connectivity index (χ3v) is 7.99. The molecule has 0 saturated carbocycles. The van der Waals surface area contributed by atoms with Crippen molar-refractivity contribution in [2.75, 3.05) is 17.6 Å². The summed E-state index contributed by atoms with van der Waals surface area (Å²) in [5.74, 6) is -0.654. The number of sulfone groups is 1. The van der Waals surface area contributed by atoms with Gasteiger partial charge in [0.1, 0.15) is 5.50 Å². The second kappa shape index (κ2) is 9.20. The van der Waals surface area contributed by atoms with Gasteiger partial charge in [-0.3, -0.25) is 14.9 Å². The number of amides is 2. The summed E-state index contributed by atoms with van der Waals surface area (Å²) in [7, 11) is -3.83. The largest absolute Gasteiger partial charge is 0.331 e. The lowest BCUT2D eigenvalue weighted by molar-refractivity contribution is -0.122. The predicted molar refractivity (Wildman–Crippen MR) is 119 cm³/mol. The zero-order valence-electron chi connectivity index (χ0n) is 17.1. The van der Waals surface area contributed by atoms with E-state index in [2.05, 4.69) is 16.0 Å². The van der Waals surface area contributed by atoms with Gasteiger partial charge in [-0.25, -0.2) is 8.42 Å². The third kappa shape index (κ3) is 5.21. The first-order chi connectivity index (χ1) is 14.2. The molecule has 9 heteroatoms. The van der Waals surface area contributed by atoms with Gasteiger partial charge in [0.05, 0.1) is 10.6 Å². The van der Waals surface area contributed by atoms with Crippen molar-refractivity contribution in [2.45, 2.75) is 36.4 Å². The highest BCUT2D eigenvalue weighted by Gasteiger charge is 2.39. The molecule has 30 heavy (non-hydrogen) atoms. The van der Waals surface area contributed by atoms with Crippen molar-refractivity contribution in [3.8, 4) is 0 Å². The molecule has 0 spiro atoms. The molecule has 0 radical (unpaired) electrons. The number of carbonyl (C=O) groups excluding carboxylic acids is 2. The van der Waals surface area contributed by atoms with Crippen molar-refractivity contribution in [1.29, 1.82) is 0 Å². The Morgan fingerprint density at radius 2 is 1.87 bits per heavy atom. The van der Waals surface area contributed by atoms with Crippen LogP contribution in [-0.2, 0) is 19.4 Å². The highest BCUT2D eigenvalue weighted by molar-refractivity contribution is 8.00. The van der Waals surface area contributed by atoms with Gasteiger partial charge in [0.2, 0.25) is 11.8 Å². The average molecular weight is 448 g/mol. The lowest BCUT2D eigenvalue weighted by Crippen LogP contribution is -2.59. The quantitative estimate of drug-likeness (QED) is 0.627. The zero-order chi connectivity index (χ0) is 21.9. The van der Waals surface area contributed by atoms with Gasteiger partial charge in [-0.1, -0.05) is 24.3 Å². The van der Waals surface area contributed by atoms with Gasteiger partial charge in [-0.15, -0.1) is 11.8 Å². The first-order valence-corrected chi connectivity index (χ1v) is 12.1. The normalized spacial score (nSPS) is 19.2. The van der Waals surface area contributed by atoms with E-state index < -0.39 is 26.5 Å². The van der Waals surface area contributed by atoms with Crippen LogP contribution in [0.25, 0.3) is 0 Å². The second-order valence-corrected chi connectivity index (χ2v) is 10.5. The number of benzene rings is 2. The van der Waals surface area contributed by atoms with E-state index in [1.165, 1.54) is 11.8 Å². The number of aryl methyl sites for hydroxylation is 3. The summed E-state index contributed by atoms with van der Waals surface area (Å²) >= 11 is 1.20. The van der Waals surface area contributed by atoms with Gasteiger partial charge in [0.25, 0.3) is 0 Å². The van der Waals surface area contributed by atoms with Crippen molar-refractivity contribution in [2.24, 2.45) is 0 Å². The summed E-state index contributed by atoms with van der Waals surface area (Å²) in [4.78, 5) is 24.9. The summed E-state index contributed by atoms with van der Waals surface area (Å²) in [5, 5.41) is 7.26. The molecule has 2 atom stereocenters. The van der Waals surface area contributed by atoms with Crippen molar-refractivity contribution in [1.82, 2.24) is 10.6 Å². The van der Waals surface area contributed by atoms with E-state index in [1.807, 2.05) is 38.1 Å². The van der Waals surface area contributed by atoms with E-state index in [0.29, 0.717) is 11.3 Å². The molecule has 1 saturated heterocycles. The van der Waals surface area contributed by atoms with Crippen molar-refractivity contribution >= 4 is 39.1 Å². The molecule has 2 amide bonds. The highest BCUT2D eigenvalue weighted by atomic mass is 32.2. The van der Waals surface area contributed by atoms with E-state index in [-0.39, 0.29) is 23.1 Å². The highest BCUT2D eigenvalue weighted by Crippen LogP contribution is 2.24. The van der Waals surface area contributed by atoms with Crippen LogP contribution in [0.2, 0.25) is 0 Å². The lowest BCUT2D eigenvalue weighted by Gasteiger charge is -2.30. The maximum Gasteiger partial charge on any atom is 0.241 e. The smallest absolute Gasteiger partial charge is 0.241 e. The monoisotopic (exact) mass is 447 g/mol. The summed E-state index contributed by atoms with van der Waals surface area (Å²) in [6.07, 6.45) is 0. The van der Waals surface area contributed by atoms with Crippen molar-refractivity contribution in [3.63, 3.8) is 0 Å². The average Bonchev–Trinajstić information content (AvgIpc) is 2.68. The number of hydrogen-bond acceptors (Lipinski definition) is 6. The van der Waals surface area contributed by atoms with E-state index in [0.717, 1.165) is 11.1 Å². The zero-order valence-corrected chi connectivity index (χ0v) is 18.7. The van der Waals surface area contributed by atoms with Crippen LogP contribution in [0.3, 0.4) is 0 Å². The number of anilines is 1. The van der Waals surface area contributed by atoms with E-state index in [1.54, 1.807) is 25.1 Å². The Bertz CT molecular complexity index is 1070. The third-order valence-electron chi connectivity index (χ3n) is 4.76. The minimum absolute atomic E-state index is 0.0152. The van der Waals surface area contributed by atoms with Crippen LogP contribution in [0.4, 0.5) is 5.69 Å². The molecule has 7 nitrogen and oxygen atoms in total. The molecule has 0 bridgehead atoms. The maximum atomic E-state index is 13.0. The number of rotatable bonds is 6. The molecule has 1 aliphatic heterocycles. The Morgan fingerprint density at radius 3 is 2.57 bits per heavy atom. The molecule has 1 fully saturated rings. The Balaban J connectivity index is 1.58. The molecule has 160 valence electrons. The molecule has 0 aromatic heterocycles. The van der Waals surface area contributed by atoms with Gasteiger partial charge >= 0.3 is 0 Å².